The van der Waals surface area contributed by atoms with Gasteiger partial charge in [-0.1, -0.05) is 30.3 Å². The molecule has 0 aliphatic carbocycles. The second-order valence-corrected chi connectivity index (χ2v) is 6.49. The van der Waals surface area contributed by atoms with Gasteiger partial charge in [0, 0.05) is 11.3 Å². The molecule has 0 aliphatic rings. The Labute approximate surface area is 151 Å². The molecule has 2 aromatic rings. The van der Waals surface area contributed by atoms with Crippen molar-refractivity contribution >= 4 is 29.3 Å². The van der Waals surface area contributed by atoms with Gasteiger partial charge in [-0.15, -0.1) is 0 Å². The number of ether oxygens (including phenoxy) is 1. The number of hydrogen-bond acceptors (Lipinski definition) is 5. The third-order valence-electron chi connectivity index (χ3n) is 3.77. The summed E-state index contributed by atoms with van der Waals surface area (Å²) in [6.07, 6.45) is 2.46. The number of nitrogens with one attached hydrogen (secondary N) is 1. The zero-order valence-corrected chi connectivity index (χ0v) is 15.1. The van der Waals surface area contributed by atoms with Crippen molar-refractivity contribution in [2.75, 3.05) is 24.9 Å². The van der Waals surface area contributed by atoms with Crippen molar-refractivity contribution in [3.8, 4) is 11.1 Å². The van der Waals surface area contributed by atoms with Crippen molar-refractivity contribution in [2.45, 2.75) is 12.5 Å². The maximum Gasteiger partial charge on any atom is 0.328 e. The topological polar surface area (TPSA) is 81.4 Å². The molecule has 0 heterocycles. The van der Waals surface area contributed by atoms with Gasteiger partial charge in [-0.25, -0.2) is 4.79 Å². The molecule has 0 saturated carbocycles. The van der Waals surface area contributed by atoms with E-state index in [0.29, 0.717) is 17.7 Å². The van der Waals surface area contributed by atoms with Crippen LogP contribution in [0.3, 0.4) is 0 Å². The van der Waals surface area contributed by atoms with Gasteiger partial charge < -0.3 is 15.8 Å². The first-order valence-corrected chi connectivity index (χ1v) is 9.28. The van der Waals surface area contributed by atoms with Crippen LogP contribution >= 0.6 is 11.8 Å². The average Bonchev–Trinajstić information content (AvgIpc) is 2.64. The number of esters is 1. The molecule has 0 spiro atoms. The van der Waals surface area contributed by atoms with E-state index in [1.165, 1.54) is 7.11 Å². The molecule has 2 rings (SSSR count). The molecule has 1 amide bonds. The van der Waals surface area contributed by atoms with Crippen LogP contribution in [0.1, 0.15) is 16.8 Å². The van der Waals surface area contributed by atoms with E-state index < -0.39 is 12.0 Å². The van der Waals surface area contributed by atoms with Gasteiger partial charge in [-0.2, -0.15) is 11.8 Å². The number of anilines is 1. The average molecular weight is 358 g/mol. The molecule has 1 atom stereocenters. The van der Waals surface area contributed by atoms with E-state index in [2.05, 4.69) is 5.32 Å². The number of hydrogen-bond donors (Lipinski definition) is 2. The van der Waals surface area contributed by atoms with E-state index >= 15 is 0 Å². The number of amides is 1. The lowest BCUT2D eigenvalue weighted by molar-refractivity contribution is -0.142. The molecule has 2 aromatic carbocycles. The molecule has 0 bridgehead atoms. The van der Waals surface area contributed by atoms with Crippen LogP contribution in [-0.2, 0) is 9.53 Å². The highest BCUT2D eigenvalue weighted by Crippen LogP contribution is 2.26. The standard InChI is InChI=1S/C19H22N2O3S/c1-24-19(23)17(10-11-25-2)21-18(22)15-9-8-14(20)12-16(15)13-6-4-3-5-7-13/h3-9,12,17H,10-11,20H2,1-2H3,(H,21,22)/t17-/m1/s1. The Morgan fingerprint density at radius 3 is 2.56 bits per heavy atom. The van der Waals surface area contributed by atoms with Gasteiger partial charge in [-0.05, 0) is 47.8 Å². The Kier molecular flexibility index (Phi) is 6.89. The van der Waals surface area contributed by atoms with Crippen molar-refractivity contribution < 1.29 is 14.3 Å². The predicted molar refractivity (Wildman–Crippen MR) is 103 cm³/mol. The van der Waals surface area contributed by atoms with Crippen LogP contribution in [-0.4, -0.2) is 37.0 Å². The molecular formula is C19H22N2O3S. The van der Waals surface area contributed by atoms with Crippen molar-refractivity contribution in [1.82, 2.24) is 5.32 Å². The number of carbonyl (C=O) groups is 2. The highest BCUT2D eigenvalue weighted by Gasteiger charge is 2.23. The molecule has 0 fully saturated rings. The smallest absolute Gasteiger partial charge is 0.328 e. The summed E-state index contributed by atoms with van der Waals surface area (Å²) in [4.78, 5) is 24.7. The summed E-state index contributed by atoms with van der Waals surface area (Å²) in [6.45, 7) is 0. The molecule has 0 aliphatic heterocycles. The number of methoxy groups -OCH3 is 1. The molecule has 0 saturated heterocycles. The third-order valence-corrected chi connectivity index (χ3v) is 4.42. The van der Waals surface area contributed by atoms with Crippen molar-refractivity contribution in [1.29, 1.82) is 0 Å². The zero-order valence-electron chi connectivity index (χ0n) is 14.3. The van der Waals surface area contributed by atoms with Crippen molar-refractivity contribution in [3.63, 3.8) is 0 Å². The lowest BCUT2D eigenvalue weighted by Crippen LogP contribution is -2.42. The first-order chi connectivity index (χ1) is 12.1. The van der Waals surface area contributed by atoms with Gasteiger partial charge in [0.2, 0.25) is 0 Å². The van der Waals surface area contributed by atoms with Gasteiger partial charge in [-0.3, -0.25) is 4.79 Å². The van der Waals surface area contributed by atoms with Crippen LogP contribution in [0.25, 0.3) is 11.1 Å². The molecule has 0 aromatic heterocycles. The lowest BCUT2D eigenvalue weighted by Gasteiger charge is -2.17. The van der Waals surface area contributed by atoms with Gasteiger partial charge in [0.15, 0.2) is 0 Å². The maximum atomic E-state index is 12.8. The number of thioether (sulfide) groups is 1. The van der Waals surface area contributed by atoms with Crippen LogP contribution in [0.4, 0.5) is 5.69 Å². The number of nitrogen functional groups attached to an aromatic ring is 1. The quantitative estimate of drug-likeness (QED) is 0.587. The monoisotopic (exact) mass is 358 g/mol. The summed E-state index contributed by atoms with van der Waals surface area (Å²) in [5.41, 5.74) is 8.55. The van der Waals surface area contributed by atoms with Gasteiger partial charge in [0.25, 0.3) is 5.91 Å². The first-order valence-electron chi connectivity index (χ1n) is 7.89. The Balaban J connectivity index is 2.30. The summed E-state index contributed by atoms with van der Waals surface area (Å²) in [5, 5.41) is 2.78. The van der Waals surface area contributed by atoms with E-state index in [0.717, 1.165) is 16.9 Å². The Bertz CT molecular complexity index is 735. The fourth-order valence-electron chi connectivity index (χ4n) is 2.48. The zero-order chi connectivity index (χ0) is 18.2. The molecule has 6 heteroatoms. The lowest BCUT2D eigenvalue weighted by atomic mass is 9.98. The SMILES string of the molecule is COC(=O)[C@@H](CCSC)NC(=O)c1ccc(N)cc1-c1ccccc1. The Morgan fingerprint density at radius 1 is 1.20 bits per heavy atom. The molecule has 3 N–H and O–H groups in total. The Hall–Kier alpha value is -2.47. The van der Waals surface area contributed by atoms with Crippen LogP contribution in [0.15, 0.2) is 48.5 Å². The number of rotatable bonds is 7. The van der Waals surface area contributed by atoms with Gasteiger partial charge in [0.1, 0.15) is 6.04 Å². The van der Waals surface area contributed by atoms with E-state index in [1.807, 2.05) is 36.6 Å². The number of benzene rings is 2. The van der Waals surface area contributed by atoms with E-state index in [1.54, 1.807) is 30.0 Å². The third kappa shape index (κ3) is 5.00. The largest absolute Gasteiger partial charge is 0.467 e. The molecule has 5 nitrogen and oxygen atoms in total. The van der Waals surface area contributed by atoms with Crippen LogP contribution < -0.4 is 11.1 Å². The molecular weight excluding hydrogens is 336 g/mol. The molecule has 0 radical (unpaired) electrons. The van der Waals surface area contributed by atoms with Crippen LogP contribution in [0.2, 0.25) is 0 Å². The minimum atomic E-state index is -0.675. The summed E-state index contributed by atoms with van der Waals surface area (Å²) in [6, 6.07) is 14.0. The fraction of sp³-hybridized carbons (Fsp3) is 0.263. The highest BCUT2D eigenvalue weighted by atomic mass is 32.2. The minimum absolute atomic E-state index is 0.324. The van der Waals surface area contributed by atoms with Gasteiger partial charge >= 0.3 is 5.97 Å². The predicted octanol–water partition coefficient (Wildman–Crippen LogP) is 2.96. The number of carbonyl (C=O) groups excluding carboxylic acids is 2. The van der Waals surface area contributed by atoms with E-state index in [9.17, 15) is 9.59 Å². The van der Waals surface area contributed by atoms with Crippen LogP contribution in [0.5, 0.6) is 0 Å². The summed E-state index contributed by atoms with van der Waals surface area (Å²) in [7, 11) is 1.32. The highest BCUT2D eigenvalue weighted by molar-refractivity contribution is 7.98. The second kappa shape index (κ2) is 9.13. The van der Waals surface area contributed by atoms with Crippen LogP contribution in [0, 0.1) is 0 Å². The first kappa shape index (κ1) is 18.9. The summed E-state index contributed by atoms with van der Waals surface area (Å²) < 4.78 is 4.80. The maximum absolute atomic E-state index is 12.8. The fourth-order valence-corrected chi connectivity index (χ4v) is 2.95. The Morgan fingerprint density at radius 2 is 1.92 bits per heavy atom. The molecule has 25 heavy (non-hydrogen) atoms. The van der Waals surface area contributed by atoms with E-state index in [-0.39, 0.29) is 5.91 Å². The van der Waals surface area contributed by atoms with Gasteiger partial charge in [0.05, 0.1) is 7.11 Å². The molecule has 0 unspecified atom stereocenters. The normalized spacial score (nSPS) is 11.6. The van der Waals surface area contributed by atoms with Crippen molar-refractivity contribution in [3.05, 3.63) is 54.1 Å². The number of nitrogens with two attached hydrogens (primary N) is 1. The second-order valence-electron chi connectivity index (χ2n) is 5.50. The minimum Gasteiger partial charge on any atom is -0.467 e. The summed E-state index contributed by atoms with van der Waals surface area (Å²) >= 11 is 1.61. The van der Waals surface area contributed by atoms with Crippen molar-refractivity contribution in [2.24, 2.45) is 0 Å². The summed E-state index contributed by atoms with van der Waals surface area (Å²) in [5.74, 6) is -0.0256. The van der Waals surface area contributed by atoms with E-state index in [4.69, 9.17) is 10.5 Å². The molecule has 132 valence electrons.